The maximum atomic E-state index is 5.39. The summed E-state index contributed by atoms with van der Waals surface area (Å²) in [6.07, 6.45) is 6.31. The standard InChI is InChI=1S/C42H28N4/c1-2-14-28(15-3-1)40-32-19-6-9-20-34(32)43-42(44-40)46-38-24-12-23-37(39(38)33-26-25-27-13-4-5-16-29(27)41(33)46)45-35-21-10-7-17-30(35)31-18-8-11-22-36(31)45/h1-8,10-19,21-26H,9,20H2. The number of hydrogen-bond donors (Lipinski definition) is 0. The van der Waals surface area contributed by atoms with Gasteiger partial charge in [-0.15, -0.1) is 0 Å². The fraction of sp³-hybridized carbons (Fsp3) is 0.0476. The van der Waals surface area contributed by atoms with E-state index in [0.29, 0.717) is 5.95 Å². The van der Waals surface area contributed by atoms with Crippen LogP contribution >= 0.6 is 0 Å². The third-order valence-corrected chi connectivity index (χ3v) is 9.57. The number of rotatable bonds is 3. The quantitative estimate of drug-likeness (QED) is 0.206. The van der Waals surface area contributed by atoms with Crippen LogP contribution in [0.5, 0.6) is 0 Å². The fourth-order valence-electron chi connectivity index (χ4n) is 7.59. The first-order chi connectivity index (χ1) is 22.8. The predicted octanol–water partition coefficient (Wildman–Crippen LogP) is 10.5. The van der Waals surface area contributed by atoms with Crippen molar-refractivity contribution in [3.8, 4) is 22.9 Å². The summed E-state index contributed by atoms with van der Waals surface area (Å²) >= 11 is 0. The molecule has 0 bridgehead atoms. The van der Waals surface area contributed by atoms with E-state index in [4.69, 9.17) is 9.97 Å². The van der Waals surface area contributed by atoms with E-state index < -0.39 is 0 Å². The number of nitrogens with zero attached hydrogens (tertiary/aromatic N) is 4. The van der Waals surface area contributed by atoms with Gasteiger partial charge in [0.2, 0.25) is 5.95 Å². The summed E-state index contributed by atoms with van der Waals surface area (Å²) in [4.78, 5) is 10.7. The topological polar surface area (TPSA) is 35.6 Å². The van der Waals surface area contributed by atoms with Gasteiger partial charge in [-0.3, -0.25) is 4.57 Å². The Hall–Kier alpha value is -6.00. The molecule has 0 N–H and O–H groups in total. The molecule has 0 saturated heterocycles. The van der Waals surface area contributed by atoms with Gasteiger partial charge < -0.3 is 4.57 Å². The lowest BCUT2D eigenvalue weighted by Gasteiger charge is -2.17. The Morgan fingerprint density at radius 2 is 1.22 bits per heavy atom. The zero-order valence-corrected chi connectivity index (χ0v) is 25.1. The maximum absolute atomic E-state index is 5.39. The summed E-state index contributed by atoms with van der Waals surface area (Å²) in [6.45, 7) is 0. The van der Waals surface area contributed by atoms with Crippen molar-refractivity contribution in [2.45, 2.75) is 12.8 Å². The van der Waals surface area contributed by atoms with Gasteiger partial charge in [-0.2, -0.15) is 0 Å². The van der Waals surface area contributed by atoms with Crippen LogP contribution in [-0.2, 0) is 6.42 Å². The molecule has 0 aliphatic heterocycles. The molecular weight excluding hydrogens is 560 g/mol. The van der Waals surface area contributed by atoms with Crippen molar-refractivity contribution < 1.29 is 0 Å². The average molecular weight is 589 g/mol. The number of benzene rings is 6. The molecule has 1 aliphatic rings. The van der Waals surface area contributed by atoms with Gasteiger partial charge in [-0.25, -0.2) is 9.97 Å². The lowest BCUT2D eigenvalue weighted by atomic mass is 9.98. The van der Waals surface area contributed by atoms with Crippen LogP contribution in [-0.4, -0.2) is 19.1 Å². The van der Waals surface area contributed by atoms with Gasteiger partial charge in [0.05, 0.1) is 39.1 Å². The molecule has 46 heavy (non-hydrogen) atoms. The van der Waals surface area contributed by atoms with Crippen LogP contribution in [0.2, 0.25) is 0 Å². The molecule has 4 nitrogen and oxygen atoms in total. The molecule has 0 radical (unpaired) electrons. The van der Waals surface area contributed by atoms with Crippen molar-refractivity contribution in [1.29, 1.82) is 0 Å². The largest absolute Gasteiger partial charge is 0.309 e. The molecule has 0 spiro atoms. The van der Waals surface area contributed by atoms with Gasteiger partial charge in [0, 0.05) is 38.1 Å². The summed E-state index contributed by atoms with van der Waals surface area (Å²) in [6, 6.07) is 47.8. The van der Waals surface area contributed by atoms with Gasteiger partial charge in [-0.1, -0.05) is 121 Å². The molecule has 9 aromatic rings. The second kappa shape index (κ2) is 9.75. The van der Waals surface area contributed by atoms with Crippen LogP contribution < -0.4 is 0 Å². The molecule has 6 aromatic carbocycles. The van der Waals surface area contributed by atoms with Crippen LogP contribution in [0, 0.1) is 0 Å². The highest BCUT2D eigenvalue weighted by Gasteiger charge is 2.24. The number of allylic oxidation sites excluding steroid dienone is 1. The molecule has 3 aromatic heterocycles. The van der Waals surface area contributed by atoms with E-state index in [1.165, 1.54) is 43.4 Å². The van der Waals surface area contributed by atoms with E-state index in [1.54, 1.807) is 0 Å². The highest BCUT2D eigenvalue weighted by molar-refractivity contribution is 6.22. The third kappa shape index (κ3) is 3.55. The number of para-hydroxylation sites is 2. The van der Waals surface area contributed by atoms with Crippen LogP contribution in [0.1, 0.15) is 17.7 Å². The van der Waals surface area contributed by atoms with E-state index in [9.17, 15) is 0 Å². The van der Waals surface area contributed by atoms with E-state index in [0.717, 1.165) is 52.1 Å². The fourth-order valence-corrected chi connectivity index (χ4v) is 7.59. The minimum absolute atomic E-state index is 0.712. The van der Waals surface area contributed by atoms with Crippen LogP contribution in [0.4, 0.5) is 0 Å². The van der Waals surface area contributed by atoms with E-state index >= 15 is 0 Å². The Kier molecular flexibility index (Phi) is 5.37. The lowest BCUT2D eigenvalue weighted by molar-refractivity contribution is 0.878. The second-order valence-electron chi connectivity index (χ2n) is 12.1. The number of aromatic nitrogens is 4. The molecule has 4 heteroatoms. The average Bonchev–Trinajstić information content (AvgIpc) is 3.65. The van der Waals surface area contributed by atoms with Crippen molar-refractivity contribution in [3.05, 3.63) is 151 Å². The summed E-state index contributed by atoms with van der Waals surface area (Å²) in [7, 11) is 0. The SMILES string of the molecule is C1=Cc2c(nc(-n3c4cccc(-n5c6ccccc6c6ccccc65)c4c4ccc5ccccc5c43)nc2-c2ccccc2)CC1. The molecule has 1 aliphatic carbocycles. The zero-order valence-electron chi connectivity index (χ0n) is 25.1. The summed E-state index contributed by atoms with van der Waals surface area (Å²) in [5.74, 6) is 0.712. The zero-order chi connectivity index (χ0) is 30.2. The third-order valence-electron chi connectivity index (χ3n) is 9.57. The van der Waals surface area contributed by atoms with E-state index in [-0.39, 0.29) is 0 Å². The van der Waals surface area contributed by atoms with Crippen LogP contribution in [0.25, 0.3) is 83.4 Å². The summed E-state index contributed by atoms with van der Waals surface area (Å²) in [5, 5.41) is 7.27. The van der Waals surface area contributed by atoms with Gasteiger partial charge in [0.25, 0.3) is 0 Å². The summed E-state index contributed by atoms with van der Waals surface area (Å²) in [5.41, 5.74) is 10.1. The molecule has 0 saturated carbocycles. The lowest BCUT2D eigenvalue weighted by Crippen LogP contribution is -2.10. The molecular formula is C42H28N4. The number of fused-ring (bicyclic) bond motifs is 9. The van der Waals surface area contributed by atoms with Gasteiger partial charge >= 0.3 is 0 Å². The van der Waals surface area contributed by atoms with E-state index in [1.807, 2.05) is 0 Å². The molecule has 3 heterocycles. The monoisotopic (exact) mass is 588 g/mol. The molecule has 0 amide bonds. The minimum atomic E-state index is 0.712. The Morgan fingerprint density at radius 3 is 2.02 bits per heavy atom. The molecule has 10 rings (SSSR count). The van der Waals surface area contributed by atoms with Crippen molar-refractivity contribution in [2.75, 3.05) is 0 Å². The number of hydrogen-bond acceptors (Lipinski definition) is 2. The van der Waals surface area contributed by atoms with Gasteiger partial charge in [-0.05, 0) is 42.5 Å². The van der Waals surface area contributed by atoms with Gasteiger partial charge in [0.15, 0.2) is 0 Å². The highest BCUT2D eigenvalue weighted by atomic mass is 15.2. The Labute approximate surface area is 265 Å². The van der Waals surface area contributed by atoms with Crippen LogP contribution in [0.15, 0.2) is 140 Å². The van der Waals surface area contributed by atoms with Crippen molar-refractivity contribution in [2.24, 2.45) is 0 Å². The van der Waals surface area contributed by atoms with E-state index in [2.05, 4.69) is 155 Å². The highest BCUT2D eigenvalue weighted by Crippen LogP contribution is 2.42. The Balaban J connectivity index is 1.38. The first-order valence-corrected chi connectivity index (χ1v) is 15.9. The maximum Gasteiger partial charge on any atom is 0.235 e. The summed E-state index contributed by atoms with van der Waals surface area (Å²) < 4.78 is 4.75. The van der Waals surface area contributed by atoms with Crippen LogP contribution in [0.3, 0.4) is 0 Å². The minimum Gasteiger partial charge on any atom is -0.309 e. The van der Waals surface area contributed by atoms with Crippen molar-refractivity contribution in [1.82, 2.24) is 19.1 Å². The first kappa shape index (κ1) is 25.3. The molecule has 0 unspecified atom stereocenters. The van der Waals surface area contributed by atoms with Crippen molar-refractivity contribution in [3.63, 3.8) is 0 Å². The predicted molar refractivity (Wildman–Crippen MR) is 191 cm³/mol. The molecule has 216 valence electrons. The Morgan fingerprint density at radius 1 is 0.522 bits per heavy atom. The first-order valence-electron chi connectivity index (χ1n) is 15.9. The molecule has 0 atom stereocenters. The normalized spacial score (nSPS) is 13.0. The number of aryl methyl sites for hydroxylation is 1. The Bertz CT molecular complexity index is 2640. The van der Waals surface area contributed by atoms with Crippen molar-refractivity contribution >= 4 is 60.5 Å². The molecule has 0 fully saturated rings. The second-order valence-corrected chi connectivity index (χ2v) is 12.1. The van der Waals surface area contributed by atoms with Gasteiger partial charge in [0.1, 0.15) is 0 Å². The smallest absolute Gasteiger partial charge is 0.235 e.